The van der Waals surface area contributed by atoms with Gasteiger partial charge >= 0.3 is 6.03 Å². The number of carbonyl (C=O) groups is 2. The molecule has 1 heterocycles. The Bertz CT molecular complexity index is 808. The van der Waals surface area contributed by atoms with Crippen LogP contribution >= 0.6 is 0 Å². The summed E-state index contributed by atoms with van der Waals surface area (Å²) in [6.45, 7) is 3.01. The monoisotopic (exact) mass is 371 g/mol. The molecule has 2 atom stereocenters. The number of hydrogen-bond acceptors (Lipinski definition) is 3. The van der Waals surface area contributed by atoms with Gasteiger partial charge in [0.05, 0.1) is 7.11 Å². The van der Waals surface area contributed by atoms with Gasteiger partial charge in [0.15, 0.2) is 0 Å². The molecule has 1 fully saturated rings. The molecule has 142 valence electrons. The van der Waals surface area contributed by atoms with Gasteiger partial charge in [-0.1, -0.05) is 12.1 Å². The Labute approximate surface area is 157 Å². The number of nitrogens with one attached hydrogen (secondary N) is 2. The van der Waals surface area contributed by atoms with E-state index < -0.39 is 12.1 Å². The van der Waals surface area contributed by atoms with Crippen LogP contribution in [0.4, 0.5) is 14.9 Å². The van der Waals surface area contributed by atoms with Gasteiger partial charge in [-0.3, -0.25) is 4.79 Å². The van der Waals surface area contributed by atoms with E-state index in [9.17, 15) is 14.0 Å². The first-order valence-corrected chi connectivity index (χ1v) is 8.77. The van der Waals surface area contributed by atoms with Crippen molar-refractivity contribution in [2.24, 2.45) is 0 Å². The number of likely N-dealkylation sites (tertiary alicyclic amines) is 1. The molecule has 0 aliphatic carbocycles. The minimum Gasteiger partial charge on any atom is -0.497 e. The zero-order valence-corrected chi connectivity index (χ0v) is 15.2. The fraction of sp³-hybridized carbons (Fsp3) is 0.300. The van der Waals surface area contributed by atoms with Crippen molar-refractivity contribution in [1.29, 1.82) is 0 Å². The van der Waals surface area contributed by atoms with E-state index in [1.807, 2.05) is 31.2 Å². The molecule has 0 aromatic heterocycles. The highest BCUT2D eigenvalue weighted by atomic mass is 19.1. The van der Waals surface area contributed by atoms with Gasteiger partial charge < -0.3 is 20.3 Å². The molecular weight excluding hydrogens is 349 g/mol. The molecule has 0 bridgehead atoms. The zero-order chi connectivity index (χ0) is 19.4. The molecule has 2 N–H and O–H groups in total. The van der Waals surface area contributed by atoms with E-state index >= 15 is 0 Å². The van der Waals surface area contributed by atoms with E-state index in [0.717, 1.165) is 11.3 Å². The Morgan fingerprint density at radius 3 is 2.44 bits per heavy atom. The number of nitrogens with zero attached hydrogens (tertiary/aromatic N) is 1. The third kappa shape index (κ3) is 4.19. The lowest BCUT2D eigenvalue weighted by Gasteiger charge is -2.19. The Balaban J connectivity index is 1.75. The largest absolute Gasteiger partial charge is 0.497 e. The summed E-state index contributed by atoms with van der Waals surface area (Å²) in [4.78, 5) is 26.8. The molecule has 6 nitrogen and oxygen atoms in total. The van der Waals surface area contributed by atoms with Crippen molar-refractivity contribution >= 4 is 17.6 Å². The SMILES string of the molecule is CCN1CC(c2ccc(OC)cc2)C(NC(=O)Nc2ccc(F)cc2)C1=O. The lowest BCUT2D eigenvalue weighted by atomic mass is 9.94. The number of carbonyl (C=O) groups excluding carboxylic acids is 2. The van der Waals surface area contributed by atoms with Crippen LogP contribution in [0.3, 0.4) is 0 Å². The van der Waals surface area contributed by atoms with Gasteiger partial charge in [0.2, 0.25) is 5.91 Å². The average molecular weight is 371 g/mol. The molecule has 27 heavy (non-hydrogen) atoms. The Hall–Kier alpha value is -3.09. The fourth-order valence-corrected chi connectivity index (χ4v) is 3.24. The van der Waals surface area contributed by atoms with Crippen molar-refractivity contribution in [1.82, 2.24) is 10.2 Å². The van der Waals surface area contributed by atoms with Gasteiger partial charge in [-0.05, 0) is 48.9 Å². The molecule has 0 spiro atoms. The molecular formula is C20H22FN3O3. The molecule has 2 aromatic rings. The predicted molar refractivity (Wildman–Crippen MR) is 100 cm³/mol. The summed E-state index contributed by atoms with van der Waals surface area (Å²) < 4.78 is 18.2. The molecule has 1 saturated heterocycles. The zero-order valence-electron chi connectivity index (χ0n) is 15.2. The number of halogens is 1. The normalized spacial score (nSPS) is 19.1. The Morgan fingerprint density at radius 1 is 1.19 bits per heavy atom. The number of urea groups is 1. The summed E-state index contributed by atoms with van der Waals surface area (Å²) in [5.41, 5.74) is 1.40. The van der Waals surface area contributed by atoms with Gasteiger partial charge in [-0.15, -0.1) is 0 Å². The van der Waals surface area contributed by atoms with Crippen LogP contribution < -0.4 is 15.4 Å². The average Bonchev–Trinajstić information content (AvgIpc) is 2.99. The number of amides is 3. The molecule has 0 saturated carbocycles. The summed E-state index contributed by atoms with van der Waals surface area (Å²) in [7, 11) is 1.59. The standard InChI is InChI=1S/C20H22FN3O3/c1-3-24-12-17(13-4-10-16(27-2)11-5-13)18(19(24)25)23-20(26)22-15-8-6-14(21)7-9-15/h4-11,17-18H,3,12H2,1-2H3,(H2,22,23,26). The predicted octanol–water partition coefficient (Wildman–Crippen LogP) is 2.97. The minimum absolute atomic E-state index is 0.118. The van der Waals surface area contributed by atoms with E-state index in [0.29, 0.717) is 18.8 Å². The van der Waals surface area contributed by atoms with Gasteiger partial charge in [-0.2, -0.15) is 0 Å². The topological polar surface area (TPSA) is 70.7 Å². The summed E-state index contributed by atoms with van der Waals surface area (Å²) in [6.07, 6.45) is 0. The molecule has 3 amide bonds. The molecule has 1 aliphatic rings. The lowest BCUT2D eigenvalue weighted by molar-refractivity contribution is -0.129. The van der Waals surface area contributed by atoms with Gasteiger partial charge in [0, 0.05) is 24.7 Å². The molecule has 2 unspecified atom stereocenters. The van der Waals surface area contributed by atoms with Gasteiger partial charge in [-0.25, -0.2) is 9.18 Å². The van der Waals surface area contributed by atoms with E-state index in [4.69, 9.17) is 4.74 Å². The number of hydrogen-bond donors (Lipinski definition) is 2. The van der Waals surface area contributed by atoms with Crippen LogP contribution in [0.2, 0.25) is 0 Å². The maximum Gasteiger partial charge on any atom is 0.319 e. The summed E-state index contributed by atoms with van der Waals surface area (Å²) >= 11 is 0. The molecule has 3 rings (SSSR count). The van der Waals surface area contributed by atoms with Crippen molar-refractivity contribution in [3.05, 3.63) is 59.9 Å². The van der Waals surface area contributed by atoms with Crippen LogP contribution in [0.25, 0.3) is 0 Å². The summed E-state index contributed by atoms with van der Waals surface area (Å²) in [5, 5.41) is 5.40. The third-order valence-corrected chi connectivity index (χ3v) is 4.71. The summed E-state index contributed by atoms with van der Waals surface area (Å²) in [6, 6.07) is 11.8. The molecule has 1 aliphatic heterocycles. The number of ether oxygens (including phenoxy) is 1. The Kier molecular flexibility index (Phi) is 5.59. The van der Waals surface area contributed by atoms with E-state index in [1.165, 1.54) is 24.3 Å². The number of rotatable bonds is 5. The third-order valence-electron chi connectivity index (χ3n) is 4.71. The van der Waals surface area contributed by atoms with Crippen LogP contribution in [0.1, 0.15) is 18.4 Å². The first-order valence-electron chi connectivity index (χ1n) is 8.77. The highest BCUT2D eigenvalue weighted by Gasteiger charge is 2.41. The molecule has 0 radical (unpaired) electrons. The van der Waals surface area contributed by atoms with Crippen molar-refractivity contribution in [3.8, 4) is 5.75 Å². The first-order chi connectivity index (χ1) is 13.0. The highest BCUT2D eigenvalue weighted by molar-refractivity contribution is 5.95. The van der Waals surface area contributed by atoms with Crippen LogP contribution in [0.5, 0.6) is 5.75 Å². The number of likely N-dealkylation sites (N-methyl/N-ethyl adjacent to an activating group) is 1. The second-order valence-electron chi connectivity index (χ2n) is 6.34. The first kappa shape index (κ1) is 18.7. The van der Waals surface area contributed by atoms with Gasteiger partial charge in [0.1, 0.15) is 17.6 Å². The van der Waals surface area contributed by atoms with Crippen molar-refractivity contribution in [2.45, 2.75) is 18.9 Å². The molecule has 7 heteroatoms. The quantitative estimate of drug-likeness (QED) is 0.849. The van der Waals surface area contributed by atoms with Crippen LogP contribution in [0, 0.1) is 5.82 Å². The van der Waals surface area contributed by atoms with Crippen LogP contribution in [-0.2, 0) is 4.79 Å². The summed E-state index contributed by atoms with van der Waals surface area (Å²) in [5.74, 6) is 0.0639. The number of benzene rings is 2. The lowest BCUT2D eigenvalue weighted by Crippen LogP contribution is -2.45. The minimum atomic E-state index is -0.668. The molecule has 2 aromatic carbocycles. The van der Waals surface area contributed by atoms with E-state index in [1.54, 1.807) is 12.0 Å². The number of methoxy groups -OCH3 is 1. The van der Waals surface area contributed by atoms with Crippen molar-refractivity contribution < 1.29 is 18.7 Å². The van der Waals surface area contributed by atoms with Crippen molar-refractivity contribution in [2.75, 3.05) is 25.5 Å². The highest BCUT2D eigenvalue weighted by Crippen LogP contribution is 2.30. The van der Waals surface area contributed by atoms with Crippen molar-refractivity contribution in [3.63, 3.8) is 0 Å². The van der Waals surface area contributed by atoms with Crippen LogP contribution in [0.15, 0.2) is 48.5 Å². The second-order valence-corrected chi connectivity index (χ2v) is 6.34. The maximum atomic E-state index is 13.0. The van der Waals surface area contributed by atoms with E-state index in [2.05, 4.69) is 10.6 Å². The van der Waals surface area contributed by atoms with E-state index in [-0.39, 0.29) is 17.6 Å². The van der Waals surface area contributed by atoms with Gasteiger partial charge in [0.25, 0.3) is 0 Å². The van der Waals surface area contributed by atoms with Crippen LogP contribution in [-0.4, -0.2) is 43.1 Å². The number of anilines is 1. The maximum absolute atomic E-state index is 13.0. The second kappa shape index (κ2) is 8.07. The Morgan fingerprint density at radius 2 is 1.85 bits per heavy atom. The smallest absolute Gasteiger partial charge is 0.319 e. The fourth-order valence-electron chi connectivity index (χ4n) is 3.24.